The van der Waals surface area contributed by atoms with Crippen molar-refractivity contribution in [2.24, 2.45) is 5.73 Å². The summed E-state index contributed by atoms with van der Waals surface area (Å²) in [6.45, 7) is 1.04. The normalized spacial score (nSPS) is 21.6. The van der Waals surface area contributed by atoms with E-state index in [9.17, 15) is 4.79 Å². The third-order valence-electron chi connectivity index (χ3n) is 3.54. The van der Waals surface area contributed by atoms with Gasteiger partial charge in [-0.15, -0.1) is 0 Å². The summed E-state index contributed by atoms with van der Waals surface area (Å²) in [5.41, 5.74) is 7.29. The summed E-state index contributed by atoms with van der Waals surface area (Å²) in [5, 5.41) is 0. The van der Waals surface area contributed by atoms with Crippen molar-refractivity contribution in [3.8, 4) is 5.75 Å². The van der Waals surface area contributed by atoms with Crippen LogP contribution < -0.4 is 20.3 Å². The zero-order chi connectivity index (χ0) is 14.3. The molecule has 3 rings (SSSR count). The lowest BCUT2D eigenvalue weighted by Gasteiger charge is -2.29. The van der Waals surface area contributed by atoms with Crippen molar-refractivity contribution >= 4 is 34.7 Å². The van der Waals surface area contributed by atoms with Crippen LogP contribution in [0.3, 0.4) is 0 Å². The summed E-state index contributed by atoms with van der Waals surface area (Å²) >= 11 is 5.20. The monoisotopic (exact) mass is 293 g/mol. The Labute approximate surface area is 122 Å². The van der Waals surface area contributed by atoms with Gasteiger partial charge in [0, 0.05) is 19.7 Å². The molecule has 7 heteroatoms. The van der Waals surface area contributed by atoms with Crippen LogP contribution in [0.25, 0.3) is 0 Å². The predicted molar refractivity (Wildman–Crippen MR) is 79.6 cm³/mol. The quantitative estimate of drug-likeness (QED) is 0.824. The molecule has 0 spiro atoms. The van der Waals surface area contributed by atoms with E-state index in [0.717, 1.165) is 16.4 Å². The van der Waals surface area contributed by atoms with Crippen LogP contribution >= 0.6 is 12.2 Å². The topological polar surface area (TPSA) is 68.0 Å². The van der Waals surface area contributed by atoms with Crippen LogP contribution in [0.15, 0.2) is 18.2 Å². The molecule has 0 saturated carbocycles. The molecule has 1 saturated heterocycles. The number of cyclic esters (lactones) is 1. The molecular weight excluding hydrogens is 278 g/mol. The summed E-state index contributed by atoms with van der Waals surface area (Å²) in [5.74, 6) is 0.703. The average Bonchev–Trinajstić information content (AvgIpc) is 2.83. The predicted octanol–water partition coefficient (Wildman–Crippen LogP) is 1.13. The van der Waals surface area contributed by atoms with Gasteiger partial charge >= 0.3 is 6.09 Å². The van der Waals surface area contributed by atoms with Gasteiger partial charge in [0.2, 0.25) is 0 Å². The zero-order valence-electron chi connectivity index (χ0n) is 11.0. The fourth-order valence-corrected chi connectivity index (χ4v) is 2.52. The van der Waals surface area contributed by atoms with Crippen LogP contribution in [-0.2, 0) is 4.74 Å². The van der Waals surface area contributed by atoms with Crippen molar-refractivity contribution in [2.45, 2.75) is 6.04 Å². The smallest absolute Gasteiger partial charge is 0.414 e. The van der Waals surface area contributed by atoms with Gasteiger partial charge in [-0.25, -0.2) is 4.79 Å². The number of likely N-dealkylation sites (N-methyl/N-ethyl adjacent to an activating group) is 1. The van der Waals surface area contributed by atoms with Crippen molar-refractivity contribution in [3.63, 3.8) is 0 Å². The SMILES string of the molecule is CN1C(=S)COc2cc(N3C(=O)OCC3CN)ccc21. The fourth-order valence-electron chi connectivity index (χ4n) is 2.37. The number of amides is 1. The minimum atomic E-state index is -0.375. The number of carbonyl (C=O) groups excluding carboxylic acids is 1. The number of hydrogen-bond acceptors (Lipinski definition) is 5. The standard InChI is InChI=1S/C13H15N3O3S/c1-15-10-3-2-8(4-11(10)18-7-12(15)20)16-9(5-14)6-19-13(16)17/h2-4,9H,5-7,14H2,1H3. The Morgan fingerprint density at radius 3 is 3.00 bits per heavy atom. The molecule has 0 radical (unpaired) electrons. The molecular formula is C13H15N3O3S. The van der Waals surface area contributed by atoms with Gasteiger partial charge in [-0.1, -0.05) is 12.2 Å². The molecule has 1 fully saturated rings. The highest BCUT2D eigenvalue weighted by molar-refractivity contribution is 7.80. The number of carbonyl (C=O) groups is 1. The number of benzene rings is 1. The summed E-state index contributed by atoms with van der Waals surface area (Å²) in [6, 6.07) is 5.42. The first-order valence-electron chi connectivity index (χ1n) is 6.31. The van der Waals surface area contributed by atoms with E-state index in [2.05, 4.69) is 0 Å². The fraction of sp³-hybridized carbons (Fsp3) is 0.385. The molecule has 1 unspecified atom stereocenters. The largest absolute Gasteiger partial charge is 0.484 e. The van der Waals surface area contributed by atoms with E-state index in [4.69, 9.17) is 27.4 Å². The van der Waals surface area contributed by atoms with Gasteiger partial charge in [-0.05, 0) is 12.1 Å². The highest BCUT2D eigenvalue weighted by Crippen LogP contribution is 2.36. The van der Waals surface area contributed by atoms with Crippen molar-refractivity contribution in [2.75, 3.05) is 36.6 Å². The van der Waals surface area contributed by atoms with Gasteiger partial charge in [-0.2, -0.15) is 0 Å². The summed E-state index contributed by atoms with van der Waals surface area (Å²) < 4.78 is 10.7. The molecule has 2 N–H and O–H groups in total. The van der Waals surface area contributed by atoms with E-state index in [0.29, 0.717) is 25.5 Å². The molecule has 1 atom stereocenters. The molecule has 0 aromatic heterocycles. The lowest BCUT2D eigenvalue weighted by atomic mass is 10.2. The Kier molecular flexibility index (Phi) is 3.23. The van der Waals surface area contributed by atoms with Crippen molar-refractivity contribution in [1.29, 1.82) is 0 Å². The van der Waals surface area contributed by atoms with Crippen LogP contribution in [-0.4, -0.2) is 43.9 Å². The molecule has 1 amide bonds. The van der Waals surface area contributed by atoms with Crippen LogP contribution in [0.1, 0.15) is 0 Å². The molecule has 0 bridgehead atoms. The maximum atomic E-state index is 11.8. The van der Waals surface area contributed by atoms with E-state index in [1.165, 1.54) is 0 Å². The summed E-state index contributed by atoms with van der Waals surface area (Å²) in [7, 11) is 1.90. The number of hydrogen-bond donors (Lipinski definition) is 1. The van der Waals surface area contributed by atoms with Crippen LogP contribution in [0.5, 0.6) is 5.75 Å². The van der Waals surface area contributed by atoms with Crippen molar-refractivity contribution in [1.82, 2.24) is 0 Å². The zero-order valence-corrected chi connectivity index (χ0v) is 11.9. The second-order valence-corrected chi connectivity index (χ2v) is 5.20. The Bertz CT molecular complexity index is 578. The number of fused-ring (bicyclic) bond motifs is 1. The lowest BCUT2D eigenvalue weighted by Crippen LogP contribution is -2.39. The molecule has 6 nitrogen and oxygen atoms in total. The van der Waals surface area contributed by atoms with Crippen molar-refractivity contribution < 1.29 is 14.3 Å². The third-order valence-corrected chi connectivity index (χ3v) is 3.93. The number of ether oxygens (including phenoxy) is 2. The summed E-state index contributed by atoms with van der Waals surface area (Å²) in [6.07, 6.45) is -0.375. The highest BCUT2D eigenvalue weighted by atomic mass is 32.1. The maximum Gasteiger partial charge on any atom is 0.414 e. The summed E-state index contributed by atoms with van der Waals surface area (Å²) in [4.78, 5) is 16.0. The van der Waals surface area contributed by atoms with E-state index >= 15 is 0 Å². The van der Waals surface area contributed by atoms with Gasteiger partial charge in [0.05, 0.1) is 17.4 Å². The molecule has 1 aromatic rings. The maximum absolute atomic E-state index is 11.8. The van der Waals surface area contributed by atoms with Gasteiger partial charge in [-0.3, -0.25) is 4.90 Å². The van der Waals surface area contributed by atoms with Gasteiger partial charge in [0.15, 0.2) is 0 Å². The first-order chi connectivity index (χ1) is 9.61. The number of nitrogens with two attached hydrogens (primary N) is 1. The molecule has 2 heterocycles. The second kappa shape index (κ2) is 4.92. The Balaban J connectivity index is 1.97. The number of nitrogens with zero attached hydrogens (tertiary/aromatic N) is 2. The first-order valence-corrected chi connectivity index (χ1v) is 6.72. The lowest BCUT2D eigenvalue weighted by molar-refractivity contribution is 0.179. The van der Waals surface area contributed by atoms with E-state index < -0.39 is 0 Å². The minimum absolute atomic E-state index is 0.136. The molecule has 2 aliphatic heterocycles. The van der Waals surface area contributed by atoms with Crippen LogP contribution in [0.4, 0.5) is 16.2 Å². The molecule has 1 aromatic carbocycles. The molecule has 0 aliphatic carbocycles. The Morgan fingerprint density at radius 1 is 1.45 bits per heavy atom. The molecule has 2 aliphatic rings. The minimum Gasteiger partial charge on any atom is -0.484 e. The van der Waals surface area contributed by atoms with Crippen molar-refractivity contribution in [3.05, 3.63) is 18.2 Å². The van der Waals surface area contributed by atoms with Crippen LogP contribution in [0.2, 0.25) is 0 Å². The number of thiocarbonyl (C=S) groups is 1. The highest BCUT2D eigenvalue weighted by Gasteiger charge is 2.34. The van der Waals surface area contributed by atoms with E-state index in [-0.39, 0.29) is 12.1 Å². The van der Waals surface area contributed by atoms with Gasteiger partial charge in [0.1, 0.15) is 24.0 Å². The van der Waals surface area contributed by atoms with Crippen LogP contribution in [0, 0.1) is 0 Å². The number of anilines is 2. The Morgan fingerprint density at radius 2 is 2.25 bits per heavy atom. The second-order valence-electron chi connectivity index (χ2n) is 4.73. The average molecular weight is 293 g/mol. The van der Waals surface area contributed by atoms with Gasteiger partial charge < -0.3 is 20.1 Å². The molecule has 20 heavy (non-hydrogen) atoms. The Hall–Kier alpha value is -1.86. The van der Waals surface area contributed by atoms with E-state index in [1.807, 2.05) is 30.1 Å². The number of rotatable bonds is 2. The molecule has 106 valence electrons. The third kappa shape index (κ3) is 1.99. The van der Waals surface area contributed by atoms with Gasteiger partial charge in [0.25, 0.3) is 0 Å². The first kappa shape index (κ1) is 13.1. The van der Waals surface area contributed by atoms with E-state index in [1.54, 1.807) is 4.90 Å².